The standard InChI is InChI=1S/C17H26N2O/c1-14(2)10-12-19-11-6-9-16(19)17(20)18-13-15-7-4-3-5-8-15/h3-5,7-8,14,16H,6,9-13H2,1-2H3,(H,18,20)/t16-/m0/s1. The van der Waals surface area contributed by atoms with Crippen LogP contribution in [0.25, 0.3) is 0 Å². The van der Waals surface area contributed by atoms with Gasteiger partial charge >= 0.3 is 0 Å². The first-order valence-electron chi connectivity index (χ1n) is 7.72. The van der Waals surface area contributed by atoms with E-state index in [1.54, 1.807) is 0 Å². The SMILES string of the molecule is CC(C)CCN1CCC[C@H]1C(=O)NCc1ccccc1. The first-order chi connectivity index (χ1) is 9.66. The summed E-state index contributed by atoms with van der Waals surface area (Å²) in [7, 11) is 0. The van der Waals surface area contributed by atoms with Gasteiger partial charge in [0.2, 0.25) is 5.91 Å². The molecule has 0 spiro atoms. The van der Waals surface area contributed by atoms with Crippen LogP contribution in [0.3, 0.4) is 0 Å². The highest BCUT2D eigenvalue weighted by molar-refractivity contribution is 5.82. The van der Waals surface area contributed by atoms with Crippen LogP contribution in [0.4, 0.5) is 0 Å². The average Bonchev–Trinajstić information content (AvgIpc) is 2.92. The third-order valence-corrected chi connectivity index (χ3v) is 3.97. The average molecular weight is 274 g/mol. The van der Waals surface area contributed by atoms with Crippen LogP contribution in [0.5, 0.6) is 0 Å². The number of benzene rings is 1. The minimum Gasteiger partial charge on any atom is -0.351 e. The third kappa shape index (κ3) is 4.34. The monoisotopic (exact) mass is 274 g/mol. The molecule has 0 unspecified atom stereocenters. The summed E-state index contributed by atoms with van der Waals surface area (Å²) >= 11 is 0. The molecule has 0 radical (unpaired) electrons. The largest absolute Gasteiger partial charge is 0.351 e. The summed E-state index contributed by atoms with van der Waals surface area (Å²) in [4.78, 5) is 14.7. The van der Waals surface area contributed by atoms with Gasteiger partial charge in [-0.25, -0.2) is 0 Å². The maximum atomic E-state index is 12.3. The maximum absolute atomic E-state index is 12.3. The molecule has 1 amide bonds. The highest BCUT2D eigenvalue weighted by atomic mass is 16.2. The van der Waals surface area contributed by atoms with Crippen molar-refractivity contribution in [1.29, 1.82) is 0 Å². The van der Waals surface area contributed by atoms with Crippen molar-refractivity contribution in [2.45, 2.75) is 45.7 Å². The molecule has 1 N–H and O–H groups in total. The first kappa shape index (κ1) is 15.0. The van der Waals surface area contributed by atoms with E-state index in [-0.39, 0.29) is 11.9 Å². The number of hydrogen-bond acceptors (Lipinski definition) is 2. The van der Waals surface area contributed by atoms with E-state index in [1.165, 1.54) is 6.42 Å². The van der Waals surface area contributed by atoms with Crippen LogP contribution in [-0.2, 0) is 11.3 Å². The molecular weight excluding hydrogens is 248 g/mol. The lowest BCUT2D eigenvalue weighted by atomic mass is 10.1. The Balaban J connectivity index is 1.81. The van der Waals surface area contributed by atoms with Crippen molar-refractivity contribution in [1.82, 2.24) is 10.2 Å². The number of carbonyl (C=O) groups is 1. The summed E-state index contributed by atoms with van der Waals surface area (Å²) in [6, 6.07) is 10.2. The fourth-order valence-electron chi connectivity index (χ4n) is 2.72. The van der Waals surface area contributed by atoms with Gasteiger partial charge in [0.1, 0.15) is 0 Å². The van der Waals surface area contributed by atoms with Gasteiger partial charge in [0.25, 0.3) is 0 Å². The Hall–Kier alpha value is -1.35. The van der Waals surface area contributed by atoms with Crippen LogP contribution in [0.15, 0.2) is 30.3 Å². The van der Waals surface area contributed by atoms with Crippen LogP contribution in [0.1, 0.15) is 38.7 Å². The second kappa shape index (κ2) is 7.44. The van der Waals surface area contributed by atoms with E-state index >= 15 is 0 Å². The minimum atomic E-state index is 0.0810. The molecule has 3 heteroatoms. The highest BCUT2D eigenvalue weighted by Gasteiger charge is 2.29. The smallest absolute Gasteiger partial charge is 0.237 e. The molecule has 110 valence electrons. The summed E-state index contributed by atoms with van der Waals surface area (Å²) in [5.74, 6) is 0.888. The first-order valence-corrected chi connectivity index (χ1v) is 7.72. The molecule has 1 aliphatic rings. The van der Waals surface area contributed by atoms with Gasteiger partial charge in [-0.15, -0.1) is 0 Å². The number of likely N-dealkylation sites (tertiary alicyclic amines) is 1. The van der Waals surface area contributed by atoms with Gasteiger partial charge < -0.3 is 5.32 Å². The van der Waals surface area contributed by atoms with Crippen molar-refractivity contribution in [3.63, 3.8) is 0 Å². The highest BCUT2D eigenvalue weighted by Crippen LogP contribution is 2.18. The summed E-state index contributed by atoms with van der Waals surface area (Å²) in [5, 5.41) is 3.08. The number of nitrogens with zero attached hydrogens (tertiary/aromatic N) is 1. The Morgan fingerprint density at radius 1 is 1.35 bits per heavy atom. The van der Waals surface area contributed by atoms with E-state index in [4.69, 9.17) is 0 Å². The van der Waals surface area contributed by atoms with Crippen LogP contribution in [0.2, 0.25) is 0 Å². The lowest BCUT2D eigenvalue weighted by Crippen LogP contribution is -2.43. The molecule has 1 saturated heterocycles. The summed E-state index contributed by atoms with van der Waals surface area (Å²) in [6.07, 6.45) is 3.31. The molecule has 2 rings (SSSR count). The van der Waals surface area contributed by atoms with Crippen LogP contribution >= 0.6 is 0 Å². The number of carbonyl (C=O) groups excluding carboxylic acids is 1. The molecule has 0 aliphatic carbocycles. The predicted octanol–water partition coefficient (Wildman–Crippen LogP) is 2.81. The Morgan fingerprint density at radius 3 is 2.80 bits per heavy atom. The normalized spacial score (nSPS) is 19.4. The molecule has 0 bridgehead atoms. The molecule has 20 heavy (non-hydrogen) atoms. The zero-order valence-corrected chi connectivity index (χ0v) is 12.6. The molecule has 1 aromatic rings. The molecule has 1 aromatic carbocycles. The van der Waals surface area contributed by atoms with Gasteiger partial charge in [0.15, 0.2) is 0 Å². The van der Waals surface area contributed by atoms with E-state index in [9.17, 15) is 4.79 Å². The van der Waals surface area contributed by atoms with E-state index in [0.29, 0.717) is 12.5 Å². The molecule has 1 atom stereocenters. The van der Waals surface area contributed by atoms with Crippen molar-refractivity contribution in [2.24, 2.45) is 5.92 Å². The van der Waals surface area contributed by atoms with E-state index in [0.717, 1.165) is 31.5 Å². The minimum absolute atomic E-state index is 0.0810. The van der Waals surface area contributed by atoms with Gasteiger partial charge in [-0.1, -0.05) is 44.2 Å². The van der Waals surface area contributed by atoms with Gasteiger partial charge in [-0.2, -0.15) is 0 Å². The molecule has 0 saturated carbocycles. The van der Waals surface area contributed by atoms with Crippen molar-refractivity contribution in [3.8, 4) is 0 Å². The molecular formula is C17H26N2O. The molecule has 0 aromatic heterocycles. The number of amides is 1. The Kier molecular flexibility index (Phi) is 5.60. The molecule has 3 nitrogen and oxygen atoms in total. The van der Waals surface area contributed by atoms with E-state index in [2.05, 4.69) is 24.1 Å². The van der Waals surface area contributed by atoms with Crippen LogP contribution in [-0.4, -0.2) is 29.9 Å². The quantitative estimate of drug-likeness (QED) is 0.865. The Labute approximate surface area is 122 Å². The molecule has 1 aliphatic heterocycles. The summed E-state index contributed by atoms with van der Waals surface area (Å²) < 4.78 is 0. The second-order valence-electron chi connectivity index (χ2n) is 6.08. The molecule has 1 fully saturated rings. The topological polar surface area (TPSA) is 32.3 Å². The number of hydrogen-bond donors (Lipinski definition) is 1. The van der Waals surface area contributed by atoms with E-state index in [1.807, 2.05) is 30.3 Å². The zero-order chi connectivity index (χ0) is 14.4. The van der Waals surface area contributed by atoms with Gasteiger partial charge in [0, 0.05) is 6.54 Å². The fourth-order valence-corrected chi connectivity index (χ4v) is 2.72. The second-order valence-corrected chi connectivity index (χ2v) is 6.08. The predicted molar refractivity (Wildman–Crippen MR) is 82.3 cm³/mol. The summed E-state index contributed by atoms with van der Waals surface area (Å²) in [6.45, 7) is 7.21. The van der Waals surface area contributed by atoms with Crippen LogP contribution in [0, 0.1) is 5.92 Å². The van der Waals surface area contributed by atoms with Crippen molar-refractivity contribution >= 4 is 5.91 Å². The van der Waals surface area contributed by atoms with Gasteiger partial charge in [-0.3, -0.25) is 9.69 Å². The van der Waals surface area contributed by atoms with Gasteiger partial charge in [-0.05, 0) is 43.8 Å². The number of rotatable bonds is 6. The van der Waals surface area contributed by atoms with Crippen molar-refractivity contribution in [2.75, 3.05) is 13.1 Å². The number of nitrogens with one attached hydrogen (secondary N) is 1. The lowest BCUT2D eigenvalue weighted by Gasteiger charge is -2.24. The summed E-state index contributed by atoms with van der Waals surface area (Å²) in [5.41, 5.74) is 1.16. The molecule has 1 heterocycles. The van der Waals surface area contributed by atoms with Crippen molar-refractivity contribution in [3.05, 3.63) is 35.9 Å². The zero-order valence-electron chi connectivity index (χ0n) is 12.6. The third-order valence-electron chi connectivity index (χ3n) is 3.97. The maximum Gasteiger partial charge on any atom is 0.237 e. The van der Waals surface area contributed by atoms with E-state index < -0.39 is 0 Å². The Morgan fingerprint density at radius 2 is 2.10 bits per heavy atom. The fraction of sp³-hybridized carbons (Fsp3) is 0.588. The van der Waals surface area contributed by atoms with Crippen LogP contribution < -0.4 is 5.32 Å². The Bertz CT molecular complexity index is 416. The lowest BCUT2D eigenvalue weighted by molar-refractivity contribution is -0.125. The van der Waals surface area contributed by atoms with Gasteiger partial charge in [0.05, 0.1) is 6.04 Å². The van der Waals surface area contributed by atoms with Crippen molar-refractivity contribution < 1.29 is 4.79 Å².